The summed E-state index contributed by atoms with van der Waals surface area (Å²) in [6.45, 7) is 7.02. The summed E-state index contributed by atoms with van der Waals surface area (Å²) in [5, 5.41) is 0. The van der Waals surface area contributed by atoms with Crippen molar-refractivity contribution in [3.8, 4) is 0 Å². The van der Waals surface area contributed by atoms with E-state index in [1.807, 2.05) is 0 Å². The molecule has 0 aromatic carbocycles. The van der Waals surface area contributed by atoms with Crippen molar-refractivity contribution in [1.82, 2.24) is 10.9 Å². The van der Waals surface area contributed by atoms with Crippen molar-refractivity contribution >= 4 is 0 Å². The fraction of sp³-hybridized carbons (Fsp3) is 1.00. The highest BCUT2D eigenvalue weighted by Gasteiger charge is 2.27. The average molecular weight is 130 g/mol. The van der Waals surface area contributed by atoms with Crippen molar-refractivity contribution < 1.29 is 4.74 Å². The molecule has 9 heavy (non-hydrogen) atoms. The molecule has 1 saturated heterocycles. The number of ether oxygens (including phenoxy) is 1. The quantitative estimate of drug-likeness (QED) is 0.499. The maximum Gasteiger partial charge on any atom is 0.127 e. The van der Waals surface area contributed by atoms with Gasteiger partial charge in [0.15, 0.2) is 0 Å². The van der Waals surface area contributed by atoms with E-state index in [0.29, 0.717) is 6.73 Å². The Hall–Kier alpha value is -0.120. The Morgan fingerprint density at radius 1 is 1.44 bits per heavy atom. The first-order chi connectivity index (χ1) is 4.11. The normalized spacial score (nSPS) is 29.0. The lowest BCUT2D eigenvalue weighted by Crippen LogP contribution is -2.39. The highest BCUT2D eigenvalue weighted by atomic mass is 16.5. The maximum absolute atomic E-state index is 5.30. The molecule has 1 unspecified atom stereocenters. The zero-order valence-corrected chi connectivity index (χ0v) is 6.19. The van der Waals surface area contributed by atoms with E-state index in [-0.39, 0.29) is 11.6 Å². The van der Waals surface area contributed by atoms with Crippen LogP contribution in [0.4, 0.5) is 0 Å². The number of hydrogen-bond acceptors (Lipinski definition) is 3. The molecule has 54 valence electrons. The van der Waals surface area contributed by atoms with Gasteiger partial charge in [-0.15, -0.1) is 0 Å². The molecule has 3 heteroatoms. The van der Waals surface area contributed by atoms with Gasteiger partial charge in [0, 0.05) is 5.41 Å². The Bertz CT molecular complexity index is 91.7. The predicted molar refractivity (Wildman–Crippen MR) is 35.5 cm³/mol. The van der Waals surface area contributed by atoms with Crippen molar-refractivity contribution in [2.24, 2.45) is 5.41 Å². The molecular formula is C6H14N2O. The second kappa shape index (κ2) is 2.25. The average Bonchev–Trinajstić information content (AvgIpc) is 2.08. The lowest BCUT2D eigenvalue weighted by Gasteiger charge is -2.24. The molecule has 0 amide bonds. The van der Waals surface area contributed by atoms with Crippen LogP contribution in [0.1, 0.15) is 20.8 Å². The highest BCUT2D eigenvalue weighted by Crippen LogP contribution is 2.20. The lowest BCUT2D eigenvalue weighted by atomic mass is 9.95. The van der Waals surface area contributed by atoms with Crippen LogP contribution in [0.3, 0.4) is 0 Å². The minimum atomic E-state index is 0.150. The molecule has 1 heterocycles. The fourth-order valence-electron chi connectivity index (χ4n) is 0.768. The second-order valence-corrected chi connectivity index (χ2v) is 3.38. The smallest absolute Gasteiger partial charge is 0.127 e. The van der Waals surface area contributed by atoms with E-state index in [1.54, 1.807) is 0 Å². The van der Waals surface area contributed by atoms with E-state index in [2.05, 4.69) is 31.6 Å². The van der Waals surface area contributed by atoms with Crippen LogP contribution >= 0.6 is 0 Å². The van der Waals surface area contributed by atoms with Crippen molar-refractivity contribution in [3.05, 3.63) is 0 Å². The summed E-state index contributed by atoms with van der Waals surface area (Å²) in [6.07, 6.45) is 0.150. The molecular weight excluding hydrogens is 116 g/mol. The third-order valence-corrected chi connectivity index (χ3v) is 1.34. The van der Waals surface area contributed by atoms with Crippen molar-refractivity contribution in [1.29, 1.82) is 0 Å². The number of hydrazine groups is 1. The maximum atomic E-state index is 5.30. The summed E-state index contributed by atoms with van der Waals surface area (Å²) in [5.41, 5.74) is 6.11. The molecule has 1 atom stereocenters. The summed E-state index contributed by atoms with van der Waals surface area (Å²) >= 11 is 0. The summed E-state index contributed by atoms with van der Waals surface area (Å²) in [7, 11) is 0. The molecule has 1 aliphatic rings. The van der Waals surface area contributed by atoms with Gasteiger partial charge < -0.3 is 4.74 Å². The summed E-state index contributed by atoms with van der Waals surface area (Å²) in [5.74, 6) is 0. The topological polar surface area (TPSA) is 33.3 Å². The monoisotopic (exact) mass is 130 g/mol. The van der Waals surface area contributed by atoms with Gasteiger partial charge in [-0.1, -0.05) is 20.8 Å². The van der Waals surface area contributed by atoms with E-state index in [9.17, 15) is 0 Å². The Balaban J connectivity index is 2.42. The van der Waals surface area contributed by atoms with Crippen LogP contribution in [0.25, 0.3) is 0 Å². The van der Waals surface area contributed by atoms with Crippen molar-refractivity contribution in [2.45, 2.75) is 27.0 Å². The van der Waals surface area contributed by atoms with Crippen molar-refractivity contribution in [3.63, 3.8) is 0 Å². The first-order valence-electron chi connectivity index (χ1n) is 3.21. The van der Waals surface area contributed by atoms with E-state index >= 15 is 0 Å². The van der Waals surface area contributed by atoms with Gasteiger partial charge in [0.1, 0.15) is 13.0 Å². The molecule has 1 rings (SSSR count). The Labute approximate surface area is 55.7 Å². The molecule has 0 saturated carbocycles. The van der Waals surface area contributed by atoms with E-state index in [0.717, 1.165) is 0 Å². The van der Waals surface area contributed by atoms with Crippen LogP contribution in [0.5, 0.6) is 0 Å². The first-order valence-corrected chi connectivity index (χ1v) is 3.21. The van der Waals surface area contributed by atoms with E-state index in [4.69, 9.17) is 4.74 Å². The van der Waals surface area contributed by atoms with Crippen molar-refractivity contribution in [2.75, 3.05) is 6.73 Å². The molecule has 2 N–H and O–H groups in total. The van der Waals surface area contributed by atoms with Gasteiger partial charge >= 0.3 is 0 Å². The molecule has 0 radical (unpaired) electrons. The summed E-state index contributed by atoms with van der Waals surface area (Å²) in [6, 6.07) is 0. The Morgan fingerprint density at radius 3 is 2.33 bits per heavy atom. The first kappa shape index (κ1) is 6.99. The van der Waals surface area contributed by atoms with E-state index in [1.165, 1.54) is 0 Å². The van der Waals surface area contributed by atoms with Crippen LogP contribution in [0.15, 0.2) is 0 Å². The minimum absolute atomic E-state index is 0.150. The van der Waals surface area contributed by atoms with Gasteiger partial charge in [0.2, 0.25) is 0 Å². The molecule has 0 aliphatic carbocycles. The fourth-order valence-corrected chi connectivity index (χ4v) is 0.768. The number of rotatable bonds is 0. The third-order valence-electron chi connectivity index (χ3n) is 1.34. The Kier molecular flexibility index (Phi) is 1.75. The van der Waals surface area contributed by atoms with Crippen LogP contribution in [0.2, 0.25) is 0 Å². The summed E-state index contributed by atoms with van der Waals surface area (Å²) in [4.78, 5) is 0. The van der Waals surface area contributed by atoms with Crippen LogP contribution < -0.4 is 10.9 Å². The van der Waals surface area contributed by atoms with E-state index < -0.39 is 0 Å². The molecule has 0 aromatic heterocycles. The van der Waals surface area contributed by atoms with Crippen LogP contribution in [-0.4, -0.2) is 13.0 Å². The largest absolute Gasteiger partial charge is 0.345 e. The van der Waals surface area contributed by atoms with Gasteiger partial charge in [-0.25, -0.2) is 10.9 Å². The summed E-state index contributed by atoms with van der Waals surface area (Å²) < 4.78 is 5.30. The highest BCUT2D eigenvalue weighted by molar-refractivity contribution is 4.72. The Morgan fingerprint density at radius 2 is 2.11 bits per heavy atom. The second-order valence-electron chi connectivity index (χ2n) is 3.38. The number of nitrogens with one attached hydrogen (secondary N) is 2. The van der Waals surface area contributed by atoms with Gasteiger partial charge in [-0.2, -0.15) is 0 Å². The molecule has 3 nitrogen and oxygen atoms in total. The standard InChI is InChI=1S/C6H14N2O/c1-6(2,3)5-8-7-4-9-5/h5,7-8H,4H2,1-3H3. The predicted octanol–water partition coefficient (Wildman–Crippen LogP) is 0.441. The minimum Gasteiger partial charge on any atom is -0.345 e. The van der Waals surface area contributed by atoms with Gasteiger partial charge in [0.05, 0.1) is 0 Å². The van der Waals surface area contributed by atoms with Crippen LogP contribution in [0, 0.1) is 5.41 Å². The third kappa shape index (κ3) is 1.64. The van der Waals surface area contributed by atoms with Gasteiger partial charge in [0.25, 0.3) is 0 Å². The molecule has 0 bridgehead atoms. The number of hydrogen-bond donors (Lipinski definition) is 2. The zero-order chi connectivity index (χ0) is 6.91. The van der Waals surface area contributed by atoms with Crippen LogP contribution in [-0.2, 0) is 4.74 Å². The SMILES string of the molecule is CC(C)(C)C1NNCO1. The zero-order valence-electron chi connectivity index (χ0n) is 6.19. The molecule has 0 spiro atoms. The van der Waals surface area contributed by atoms with Gasteiger partial charge in [-0.05, 0) is 0 Å². The lowest BCUT2D eigenvalue weighted by molar-refractivity contribution is 0.0172. The van der Waals surface area contributed by atoms with Gasteiger partial charge in [-0.3, -0.25) is 0 Å². The molecule has 0 aromatic rings. The molecule has 1 fully saturated rings. The molecule has 1 aliphatic heterocycles.